The number of hydrogen-bond acceptors (Lipinski definition) is 3. The zero-order valence-corrected chi connectivity index (χ0v) is 17.9. The summed E-state index contributed by atoms with van der Waals surface area (Å²) in [6.45, 7) is 6.62. The van der Waals surface area contributed by atoms with Crippen LogP contribution in [0.15, 0.2) is 0 Å². The molecule has 156 valence electrons. The average Bonchev–Trinajstić information content (AvgIpc) is 2.61. The summed E-state index contributed by atoms with van der Waals surface area (Å²) >= 11 is 0. The van der Waals surface area contributed by atoms with Crippen molar-refractivity contribution in [3.8, 4) is 0 Å². The molecule has 0 spiro atoms. The molecule has 1 atom stereocenters. The van der Waals surface area contributed by atoms with Gasteiger partial charge in [0, 0.05) is 20.5 Å². The van der Waals surface area contributed by atoms with Gasteiger partial charge in [-0.3, -0.25) is 4.79 Å². The predicted molar refractivity (Wildman–Crippen MR) is 112 cm³/mol. The van der Waals surface area contributed by atoms with E-state index in [2.05, 4.69) is 12.2 Å². The fourth-order valence-electron chi connectivity index (χ4n) is 3.21. The maximum Gasteiger partial charge on any atom is 0.219 e. The van der Waals surface area contributed by atoms with Gasteiger partial charge in [0.25, 0.3) is 0 Å². The van der Waals surface area contributed by atoms with Crippen LogP contribution in [-0.2, 0) is 4.79 Å². The Labute approximate surface area is 163 Å². The van der Waals surface area contributed by atoms with Crippen molar-refractivity contribution in [3.63, 3.8) is 0 Å². The molecule has 1 unspecified atom stereocenters. The monoisotopic (exact) mass is 370 g/mol. The Morgan fingerprint density at radius 3 is 1.81 bits per heavy atom. The summed E-state index contributed by atoms with van der Waals surface area (Å²) < 4.78 is 0. The molecule has 0 radical (unpaired) electrons. The summed E-state index contributed by atoms with van der Waals surface area (Å²) in [5, 5.41) is 13.5. The molecule has 0 fully saturated rings. The number of likely N-dealkylation sites (N-methyl/N-ethyl adjacent to an activating group) is 1. The number of carbonyl (C=O) groups is 1. The molecule has 0 heterocycles. The number of rotatable bonds is 19. The molecule has 0 aromatic rings. The predicted octanol–water partition coefficient (Wildman–Crippen LogP) is 4.90. The Hall–Kier alpha value is -0.610. The third-order valence-corrected chi connectivity index (χ3v) is 5.12. The van der Waals surface area contributed by atoms with Crippen LogP contribution in [0.25, 0.3) is 0 Å². The van der Waals surface area contributed by atoms with Crippen LogP contribution in [-0.4, -0.2) is 48.7 Å². The molecule has 0 rings (SSSR count). The quantitative estimate of drug-likeness (QED) is 0.318. The highest BCUT2D eigenvalue weighted by Crippen LogP contribution is 2.10. The molecule has 26 heavy (non-hydrogen) atoms. The van der Waals surface area contributed by atoms with Crippen LogP contribution >= 0.6 is 0 Å². The van der Waals surface area contributed by atoms with Crippen LogP contribution in [0.5, 0.6) is 0 Å². The lowest BCUT2D eigenvalue weighted by molar-refractivity contribution is -0.128. The smallest absolute Gasteiger partial charge is 0.219 e. The van der Waals surface area contributed by atoms with E-state index in [0.717, 1.165) is 12.8 Å². The topological polar surface area (TPSA) is 52.6 Å². The first-order valence-corrected chi connectivity index (χ1v) is 11.2. The third-order valence-electron chi connectivity index (χ3n) is 5.12. The second-order valence-electron chi connectivity index (χ2n) is 7.83. The number of aliphatic hydroxyl groups excluding tert-OH is 1. The molecular formula is C22H46N2O2. The molecule has 0 aromatic carbocycles. The van der Waals surface area contributed by atoms with Gasteiger partial charge in [-0.25, -0.2) is 0 Å². The summed E-state index contributed by atoms with van der Waals surface area (Å²) in [6.07, 6.45) is 17.5. The maximum atomic E-state index is 11.1. The summed E-state index contributed by atoms with van der Waals surface area (Å²) in [4.78, 5) is 12.7. The van der Waals surface area contributed by atoms with Gasteiger partial charge in [0.2, 0.25) is 5.91 Å². The number of amides is 1. The minimum Gasteiger partial charge on any atom is -0.391 e. The third kappa shape index (κ3) is 18.2. The lowest BCUT2D eigenvalue weighted by atomic mass is 10.1. The lowest BCUT2D eigenvalue weighted by Crippen LogP contribution is -2.32. The fourth-order valence-corrected chi connectivity index (χ4v) is 3.21. The molecule has 0 aromatic heterocycles. The average molecular weight is 371 g/mol. The van der Waals surface area contributed by atoms with E-state index in [4.69, 9.17) is 0 Å². The van der Waals surface area contributed by atoms with Gasteiger partial charge in [-0.2, -0.15) is 0 Å². The SMILES string of the molecule is CCCCCCCCNCCCCCCCCCC(O)CN(C)C(C)=O. The number of unbranched alkanes of at least 4 members (excludes halogenated alkanes) is 11. The Morgan fingerprint density at radius 2 is 1.31 bits per heavy atom. The van der Waals surface area contributed by atoms with Gasteiger partial charge < -0.3 is 15.3 Å². The highest BCUT2D eigenvalue weighted by molar-refractivity contribution is 5.72. The Bertz CT molecular complexity index is 311. The van der Waals surface area contributed by atoms with E-state index in [-0.39, 0.29) is 12.0 Å². The second kappa shape index (κ2) is 19.2. The van der Waals surface area contributed by atoms with Crippen LogP contribution in [0.4, 0.5) is 0 Å². The molecule has 2 N–H and O–H groups in total. The molecule has 1 amide bonds. The number of nitrogens with one attached hydrogen (secondary N) is 1. The van der Waals surface area contributed by atoms with Crippen LogP contribution in [0.1, 0.15) is 104 Å². The van der Waals surface area contributed by atoms with E-state index in [1.807, 2.05) is 0 Å². The van der Waals surface area contributed by atoms with Gasteiger partial charge in [0.15, 0.2) is 0 Å². The molecule has 4 nitrogen and oxygen atoms in total. The van der Waals surface area contributed by atoms with Crippen molar-refractivity contribution in [1.29, 1.82) is 0 Å². The van der Waals surface area contributed by atoms with Crippen LogP contribution in [0, 0.1) is 0 Å². The molecule has 4 heteroatoms. The maximum absolute atomic E-state index is 11.1. The minimum atomic E-state index is -0.374. The van der Waals surface area contributed by atoms with Gasteiger partial charge in [-0.1, -0.05) is 77.6 Å². The van der Waals surface area contributed by atoms with E-state index < -0.39 is 0 Å². The van der Waals surface area contributed by atoms with Gasteiger partial charge in [0.05, 0.1) is 6.10 Å². The fraction of sp³-hybridized carbons (Fsp3) is 0.955. The molecule has 0 saturated heterocycles. The van der Waals surface area contributed by atoms with E-state index in [0.29, 0.717) is 6.54 Å². The van der Waals surface area contributed by atoms with Crippen molar-refractivity contribution < 1.29 is 9.90 Å². The van der Waals surface area contributed by atoms with Crippen LogP contribution in [0.3, 0.4) is 0 Å². The van der Waals surface area contributed by atoms with Crippen molar-refractivity contribution >= 4 is 5.91 Å². The highest BCUT2D eigenvalue weighted by Gasteiger charge is 2.09. The van der Waals surface area contributed by atoms with Crippen LogP contribution < -0.4 is 5.32 Å². The standard InChI is InChI=1S/C22H46N2O2/c1-4-5-6-7-12-15-18-23-19-16-13-10-8-9-11-14-17-22(26)20-24(3)21(2)25/h22-23,26H,4-20H2,1-3H3. The van der Waals surface area contributed by atoms with Crippen molar-refractivity contribution in [2.24, 2.45) is 0 Å². The van der Waals surface area contributed by atoms with Crippen molar-refractivity contribution in [3.05, 3.63) is 0 Å². The van der Waals surface area contributed by atoms with Gasteiger partial charge in [0.1, 0.15) is 0 Å². The van der Waals surface area contributed by atoms with E-state index in [1.54, 1.807) is 11.9 Å². The van der Waals surface area contributed by atoms with E-state index in [1.165, 1.54) is 97.1 Å². The van der Waals surface area contributed by atoms with Gasteiger partial charge in [-0.15, -0.1) is 0 Å². The van der Waals surface area contributed by atoms with E-state index in [9.17, 15) is 9.90 Å². The molecular weight excluding hydrogens is 324 g/mol. The Balaban J connectivity index is 3.16. The minimum absolute atomic E-state index is 0.0190. The molecule has 0 aliphatic carbocycles. The molecule has 0 aliphatic rings. The number of aliphatic hydroxyl groups is 1. The first kappa shape index (κ1) is 25.4. The first-order valence-electron chi connectivity index (χ1n) is 11.2. The highest BCUT2D eigenvalue weighted by atomic mass is 16.3. The first-order chi connectivity index (χ1) is 12.6. The normalized spacial score (nSPS) is 12.3. The number of carbonyl (C=O) groups excluding carboxylic acids is 1. The van der Waals surface area contributed by atoms with Crippen LogP contribution in [0.2, 0.25) is 0 Å². The summed E-state index contributed by atoms with van der Waals surface area (Å²) in [6, 6.07) is 0. The van der Waals surface area contributed by atoms with E-state index >= 15 is 0 Å². The molecule has 0 aliphatic heterocycles. The molecule has 0 bridgehead atoms. The zero-order chi connectivity index (χ0) is 19.5. The van der Waals surface area contributed by atoms with Crippen molar-refractivity contribution in [1.82, 2.24) is 10.2 Å². The zero-order valence-electron chi connectivity index (χ0n) is 17.9. The van der Waals surface area contributed by atoms with Gasteiger partial charge >= 0.3 is 0 Å². The lowest BCUT2D eigenvalue weighted by Gasteiger charge is -2.19. The summed E-state index contributed by atoms with van der Waals surface area (Å²) in [5.74, 6) is 0.0190. The van der Waals surface area contributed by atoms with Crippen molar-refractivity contribution in [2.75, 3.05) is 26.7 Å². The Kier molecular flexibility index (Phi) is 18.7. The second-order valence-corrected chi connectivity index (χ2v) is 7.83. The Morgan fingerprint density at radius 1 is 0.846 bits per heavy atom. The van der Waals surface area contributed by atoms with Crippen molar-refractivity contribution in [2.45, 2.75) is 110 Å². The van der Waals surface area contributed by atoms with Gasteiger partial charge in [-0.05, 0) is 32.4 Å². The number of hydrogen-bond donors (Lipinski definition) is 2. The summed E-state index contributed by atoms with van der Waals surface area (Å²) in [5.41, 5.74) is 0. The largest absolute Gasteiger partial charge is 0.391 e. The molecule has 0 saturated carbocycles. The summed E-state index contributed by atoms with van der Waals surface area (Å²) in [7, 11) is 1.74. The number of nitrogens with zero attached hydrogens (tertiary/aromatic N) is 1.